The summed E-state index contributed by atoms with van der Waals surface area (Å²) >= 11 is 0. The molecule has 0 saturated carbocycles. The van der Waals surface area contributed by atoms with Crippen LogP contribution in [0.5, 0.6) is 0 Å². The number of piperazine rings is 1. The van der Waals surface area contributed by atoms with Gasteiger partial charge in [-0.25, -0.2) is 0 Å². The van der Waals surface area contributed by atoms with Crippen LogP contribution < -0.4 is 5.32 Å². The van der Waals surface area contributed by atoms with E-state index in [9.17, 15) is 4.79 Å². The molecule has 4 heteroatoms. The van der Waals surface area contributed by atoms with Gasteiger partial charge in [-0.3, -0.25) is 14.6 Å². The second-order valence-electron chi connectivity index (χ2n) is 6.24. The second-order valence-corrected chi connectivity index (χ2v) is 6.24. The van der Waals surface area contributed by atoms with Gasteiger partial charge < -0.3 is 5.32 Å². The van der Waals surface area contributed by atoms with Crippen molar-refractivity contribution in [3.63, 3.8) is 0 Å². The second kappa shape index (κ2) is 7.06. The van der Waals surface area contributed by atoms with E-state index in [1.807, 2.05) is 6.08 Å². The molecule has 110 valence electrons. The average Bonchev–Trinajstić information content (AvgIpc) is 2.27. The van der Waals surface area contributed by atoms with Gasteiger partial charge in [0, 0.05) is 51.2 Å². The lowest BCUT2D eigenvalue weighted by Gasteiger charge is -2.40. The summed E-state index contributed by atoms with van der Waals surface area (Å²) in [6, 6.07) is 0.493. The quantitative estimate of drug-likeness (QED) is 0.741. The fourth-order valence-corrected chi connectivity index (χ4v) is 2.96. The van der Waals surface area contributed by atoms with Crippen molar-refractivity contribution in [3.8, 4) is 0 Å². The van der Waals surface area contributed by atoms with E-state index in [4.69, 9.17) is 0 Å². The molecule has 19 heavy (non-hydrogen) atoms. The molecule has 0 aromatic carbocycles. The predicted molar refractivity (Wildman–Crippen MR) is 80.2 cm³/mol. The minimum absolute atomic E-state index is 0.0491. The third-order valence-corrected chi connectivity index (χ3v) is 3.74. The standard InChI is InChI=1S/C15H29N3O/c1-6-7-17-8-10-18(11-9-17)13(2)12-15(4,5)16-14(3)19/h6,13H,1,7-12H2,2-5H3,(H,16,19). The first-order chi connectivity index (χ1) is 8.84. The summed E-state index contributed by atoms with van der Waals surface area (Å²) in [5.41, 5.74) is -0.135. The van der Waals surface area contributed by atoms with Crippen molar-refractivity contribution in [3.05, 3.63) is 12.7 Å². The summed E-state index contributed by atoms with van der Waals surface area (Å²) in [7, 11) is 0. The Balaban J connectivity index is 2.40. The van der Waals surface area contributed by atoms with Crippen LogP contribution >= 0.6 is 0 Å². The van der Waals surface area contributed by atoms with Crippen molar-refractivity contribution in [1.82, 2.24) is 15.1 Å². The van der Waals surface area contributed by atoms with Gasteiger partial charge in [0.2, 0.25) is 5.91 Å². The molecule has 1 rings (SSSR count). The van der Waals surface area contributed by atoms with Crippen LogP contribution in [-0.2, 0) is 4.79 Å². The first-order valence-corrected chi connectivity index (χ1v) is 7.20. The molecule has 0 bridgehead atoms. The lowest BCUT2D eigenvalue weighted by Crippen LogP contribution is -2.53. The van der Waals surface area contributed by atoms with E-state index in [-0.39, 0.29) is 11.4 Å². The molecule has 1 aliphatic heterocycles. The molecule has 0 spiro atoms. The van der Waals surface area contributed by atoms with Crippen LogP contribution in [0.1, 0.15) is 34.1 Å². The van der Waals surface area contributed by atoms with Crippen molar-refractivity contribution >= 4 is 5.91 Å². The number of hydrogen-bond donors (Lipinski definition) is 1. The van der Waals surface area contributed by atoms with Crippen LogP contribution in [0.4, 0.5) is 0 Å². The maximum absolute atomic E-state index is 11.2. The summed E-state index contributed by atoms with van der Waals surface area (Å²) in [4.78, 5) is 16.1. The predicted octanol–water partition coefficient (Wildman–Crippen LogP) is 1.48. The molecule has 0 radical (unpaired) electrons. The van der Waals surface area contributed by atoms with Gasteiger partial charge in [0.1, 0.15) is 0 Å². The number of carbonyl (C=O) groups is 1. The normalized spacial score (nSPS) is 20.0. The molecule has 1 N–H and O–H groups in total. The van der Waals surface area contributed by atoms with Gasteiger partial charge in [-0.05, 0) is 27.2 Å². The van der Waals surface area contributed by atoms with E-state index >= 15 is 0 Å². The monoisotopic (exact) mass is 267 g/mol. The van der Waals surface area contributed by atoms with E-state index in [0.29, 0.717) is 6.04 Å². The maximum atomic E-state index is 11.2. The lowest BCUT2D eigenvalue weighted by molar-refractivity contribution is -0.120. The molecule has 1 aliphatic rings. The Labute approximate surface area is 117 Å². The van der Waals surface area contributed by atoms with Crippen LogP contribution in [0.25, 0.3) is 0 Å². The highest BCUT2D eigenvalue weighted by Crippen LogP contribution is 2.17. The van der Waals surface area contributed by atoms with Gasteiger partial charge in [-0.2, -0.15) is 0 Å². The highest BCUT2D eigenvalue weighted by Gasteiger charge is 2.27. The molecule has 1 atom stereocenters. The number of amides is 1. The van der Waals surface area contributed by atoms with Gasteiger partial charge in [0.15, 0.2) is 0 Å². The molecular formula is C15H29N3O. The van der Waals surface area contributed by atoms with Crippen molar-refractivity contribution in [2.24, 2.45) is 0 Å². The first-order valence-electron chi connectivity index (χ1n) is 7.20. The number of carbonyl (C=O) groups excluding carboxylic acids is 1. The minimum Gasteiger partial charge on any atom is -0.351 e. The van der Waals surface area contributed by atoms with Crippen LogP contribution in [0, 0.1) is 0 Å². The zero-order chi connectivity index (χ0) is 14.5. The van der Waals surface area contributed by atoms with Gasteiger partial charge in [0.05, 0.1) is 0 Å². The Morgan fingerprint density at radius 2 is 1.95 bits per heavy atom. The summed E-state index contributed by atoms with van der Waals surface area (Å²) in [5.74, 6) is 0.0491. The highest BCUT2D eigenvalue weighted by atomic mass is 16.1. The van der Waals surface area contributed by atoms with Crippen LogP contribution in [-0.4, -0.2) is 60.0 Å². The maximum Gasteiger partial charge on any atom is 0.217 e. The fourth-order valence-electron chi connectivity index (χ4n) is 2.96. The lowest BCUT2D eigenvalue weighted by atomic mass is 9.94. The Kier molecular flexibility index (Phi) is 6.01. The highest BCUT2D eigenvalue weighted by molar-refractivity contribution is 5.73. The molecule has 1 unspecified atom stereocenters. The average molecular weight is 267 g/mol. The smallest absolute Gasteiger partial charge is 0.217 e. The summed E-state index contributed by atoms with van der Waals surface area (Å²) in [5, 5.41) is 3.03. The Bertz CT molecular complexity index is 307. The largest absolute Gasteiger partial charge is 0.351 e. The fraction of sp³-hybridized carbons (Fsp3) is 0.800. The number of nitrogens with one attached hydrogen (secondary N) is 1. The van der Waals surface area contributed by atoms with Crippen LogP contribution in [0.2, 0.25) is 0 Å². The Hall–Kier alpha value is -0.870. The van der Waals surface area contributed by atoms with Crippen molar-refractivity contribution in [2.45, 2.75) is 45.7 Å². The van der Waals surface area contributed by atoms with Crippen LogP contribution in [0.15, 0.2) is 12.7 Å². The zero-order valence-corrected chi connectivity index (χ0v) is 12.9. The summed E-state index contributed by atoms with van der Waals surface area (Å²) < 4.78 is 0. The molecule has 1 fully saturated rings. The molecule has 1 amide bonds. The molecule has 1 saturated heterocycles. The SMILES string of the molecule is C=CCN1CCN(C(C)CC(C)(C)NC(C)=O)CC1. The molecule has 0 aromatic rings. The number of hydrogen-bond acceptors (Lipinski definition) is 3. The summed E-state index contributed by atoms with van der Waals surface area (Å²) in [6.07, 6.45) is 2.95. The number of rotatable bonds is 6. The first kappa shape index (κ1) is 16.2. The topological polar surface area (TPSA) is 35.6 Å². The molecule has 0 aromatic heterocycles. The van der Waals surface area contributed by atoms with Gasteiger partial charge >= 0.3 is 0 Å². The number of nitrogens with zero attached hydrogens (tertiary/aromatic N) is 2. The van der Waals surface area contributed by atoms with Crippen LogP contribution in [0.3, 0.4) is 0 Å². The molecule has 0 aliphatic carbocycles. The third-order valence-electron chi connectivity index (χ3n) is 3.74. The van der Waals surface area contributed by atoms with E-state index in [2.05, 4.69) is 42.5 Å². The molecule has 1 heterocycles. The van der Waals surface area contributed by atoms with Gasteiger partial charge in [-0.15, -0.1) is 6.58 Å². The van der Waals surface area contributed by atoms with E-state index < -0.39 is 0 Å². The van der Waals surface area contributed by atoms with Crippen molar-refractivity contribution in [2.75, 3.05) is 32.7 Å². The van der Waals surface area contributed by atoms with E-state index in [1.165, 1.54) is 0 Å². The Morgan fingerprint density at radius 1 is 1.37 bits per heavy atom. The van der Waals surface area contributed by atoms with E-state index in [0.717, 1.165) is 39.1 Å². The van der Waals surface area contributed by atoms with E-state index in [1.54, 1.807) is 6.92 Å². The summed E-state index contributed by atoms with van der Waals surface area (Å²) in [6.45, 7) is 17.2. The zero-order valence-electron chi connectivity index (χ0n) is 12.9. The molecular weight excluding hydrogens is 238 g/mol. The van der Waals surface area contributed by atoms with Crippen molar-refractivity contribution in [1.29, 1.82) is 0 Å². The van der Waals surface area contributed by atoms with Gasteiger partial charge in [0.25, 0.3) is 0 Å². The minimum atomic E-state index is -0.135. The third kappa shape index (κ3) is 5.74. The Morgan fingerprint density at radius 3 is 2.42 bits per heavy atom. The van der Waals surface area contributed by atoms with Gasteiger partial charge in [-0.1, -0.05) is 6.08 Å². The van der Waals surface area contributed by atoms with Crippen molar-refractivity contribution < 1.29 is 4.79 Å². The molecule has 4 nitrogen and oxygen atoms in total.